The number of amides is 3. The van der Waals surface area contributed by atoms with Gasteiger partial charge in [0.2, 0.25) is 11.8 Å². The summed E-state index contributed by atoms with van der Waals surface area (Å²) < 4.78 is 0. The van der Waals surface area contributed by atoms with Crippen molar-refractivity contribution in [2.45, 2.75) is 44.5 Å². The quantitative estimate of drug-likeness (QED) is 0.255. The van der Waals surface area contributed by atoms with Crippen LogP contribution in [0.25, 0.3) is 10.8 Å². The molecule has 0 saturated carbocycles. The molecule has 2 rings (SSSR count). The van der Waals surface area contributed by atoms with Crippen molar-refractivity contribution in [1.82, 2.24) is 16.1 Å². The van der Waals surface area contributed by atoms with Crippen LogP contribution in [0.4, 0.5) is 0 Å². The number of nitrogens with one attached hydrogen (secondary N) is 3. The van der Waals surface area contributed by atoms with Crippen molar-refractivity contribution in [3.8, 4) is 0 Å². The lowest BCUT2D eigenvalue weighted by Crippen LogP contribution is -2.51. The second-order valence-electron chi connectivity index (χ2n) is 7.97. The van der Waals surface area contributed by atoms with Crippen LogP contribution in [0, 0.1) is 11.8 Å². The molecule has 7 nitrogen and oxygen atoms in total. The number of fused-ring (bicyclic) bond motifs is 1. The lowest BCUT2D eigenvalue weighted by Gasteiger charge is -2.25. The molecule has 3 amide bonds. The van der Waals surface area contributed by atoms with E-state index in [1.807, 2.05) is 56.3 Å². The van der Waals surface area contributed by atoms with E-state index in [2.05, 4.69) is 10.6 Å². The molecule has 0 aromatic heterocycles. The summed E-state index contributed by atoms with van der Waals surface area (Å²) in [6.07, 6.45) is 1.29. The number of carbonyl (C=O) groups is 3. The molecule has 4 N–H and O–H groups in total. The van der Waals surface area contributed by atoms with Gasteiger partial charge in [0, 0.05) is 13.5 Å². The van der Waals surface area contributed by atoms with Crippen LogP contribution in [0.1, 0.15) is 32.3 Å². The van der Waals surface area contributed by atoms with Gasteiger partial charge in [-0.05, 0) is 28.7 Å². The summed E-state index contributed by atoms with van der Waals surface area (Å²) in [7, 11) is 1.50. The number of likely N-dealkylation sites (N-methyl/N-ethyl adjacent to an activating group) is 1. The Kier molecular flexibility index (Phi) is 9.27. The molecule has 0 aliphatic carbocycles. The highest BCUT2D eigenvalue weighted by Gasteiger charge is 2.34. The molecule has 0 radical (unpaired) electrons. The highest BCUT2D eigenvalue weighted by Crippen LogP contribution is 2.23. The number of hydrogen-bond acceptors (Lipinski definition) is 4. The molecule has 0 unspecified atom stereocenters. The fraction of sp³-hybridized carbons (Fsp3) is 0.435. The highest BCUT2D eigenvalue weighted by molar-refractivity contribution is 6.32. The maximum Gasteiger partial charge on any atom is 0.262 e. The highest BCUT2D eigenvalue weighted by atomic mass is 35.5. The minimum absolute atomic E-state index is 0.281. The lowest BCUT2D eigenvalue weighted by molar-refractivity contribution is -0.136. The van der Waals surface area contributed by atoms with E-state index in [1.165, 1.54) is 12.5 Å². The third-order valence-corrected chi connectivity index (χ3v) is 5.79. The van der Waals surface area contributed by atoms with Crippen molar-refractivity contribution < 1.29 is 19.6 Å². The van der Waals surface area contributed by atoms with Gasteiger partial charge in [-0.15, -0.1) is 11.6 Å². The molecule has 31 heavy (non-hydrogen) atoms. The van der Waals surface area contributed by atoms with Crippen LogP contribution in [0.5, 0.6) is 0 Å². The molecular formula is C23H30ClN3O4. The van der Waals surface area contributed by atoms with E-state index >= 15 is 0 Å². The van der Waals surface area contributed by atoms with Crippen LogP contribution in [-0.2, 0) is 20.8 Å². The summed E-state index contributed by atoms with van der Waals surface area (Å²) in [5.74, 6) is -2.30. The van der Waals surface area contributed by atoms with Gasteiger partial charge in [0.05, 0.1) is 5.92 Å². The van der Waals surface area contributed by atoms with Gasteiger partial charge in [-0.2, -0.15) is 0 Å². The third-order valence-electron chi connectivity index (χ3n) is 5.29. The van der Waals surface area contributed by atoms with Gasteiger partial charge in [-0.1, -0.05) is 62.7 Å². The van der Waals surface area contributed by atoms with E-state index < -0.39 is 29.2 Å². The number of rotatable bonds is 10. The van der Waals surface area contributed by atoms with Gasteiger partial charge in [-0.25, -0.2) is 5.48 Å². The lowest BCUT2D eigenvalue weighted by atomic mass is 9.92. The van der Waals surface area contributed by atoms with Crippen LogP contribution in [0.15, 0.2) is 42.5 Å². The van der Waals surface area contributed by atoms with Gasteiger partial charge in [0.25, 0.3) is 5.91 Å². The van der Waals surface area contributed by atoms with Crippen LogP contribution in [-0.4, -0.2) is 41.4 Å². The minimum atomic E-state index is -1.26. The van der Waals surface area contributed by atoms with Crippen molar-refractivity contribution in [3.63, 3.8) is 0 Å². The number of hydrogen-bond donors (Lipinski definition) is 4. The first-order valence-electron chi connectivity index (χ1n) is 10.3. The molecule has 2 aromatic carbocycles. The van der Waals surface area contributed by atoms with E-state index in [0.717, 1.165) is 16.3 Å². The van der Waals surface area contributed by atoms with Crippen molar-refractivity contribution in [2.24, 2.45) is 11.8 Å². The van der Waals surface area contributed by atoms with Crippen LogP contribution in [0.3, 0.4) is 0 Å². The Bertz CT molecular complexity index is 913. The average Bonchev–Trinajstić information content (AvgIpc) is 2.77. The minimum Gasteiger partial charge on any atom is -0.357 e. The van der Waals surface area contributed by atoms with Crippen LogP contribution >= 0.6 is 11.6 Å². The van der Waals surface area contributed by atoms with Gasteiger partial charge in [0.1, 0.15) is 11.4 Å². The number of halogens is 1. The van der Waals surface area contributed by atoms with Crippen molar-refractivity contribution in [1.29, 1.82) is 0 Å². The average molecular weight is 448 g/mol. The standard InChI is InChI=1S/C23H30ClN3O4/c1-14(2)11-12-18(20(24)23(30)27-31)21(28)26-19(22(29)25-3)13-16-9-6-8-15-7-4-5-10-17(15)16/h4-10,14,18-20,31H,11-13H2,1-3H3,(H,25,29)(H,26,28)(H,27,30)/t18-,19+,20-/m1/s1. The van der Waals surface area contributed by atoms with Crippen LogP contribution in [0.2, 0.25) is 0 Å². The molecule has 0 spiro atoms. The van der Waals surface area contributed by atoms with E-state index in [1.54, 1.807) is 0 Å². The number of carbonyl (C=O) groups excluding carboxylic acids is 3. The molecule has 3 atom stereocenters. The number of hydroxylamine groups is 1. The molecule has 8 heteroatoms. The van der Waals surface area contributed by atoms with Gasteiger partial charge >= 0.3 is 0 Å². The smallest absolute Gasteiger partial charge is 0.262 e. The Balaban J connectivity index is 2.27. The van der Waals surface area contributed by atoms with Gasteiger partial charge in [-0.3, -0.25) is 19.6 Å². The third kappa shape index (κ3) is 6.67. The zero-order chi connectivity index (χ0) is 23.0. The Morgan fingerprint density at radius 3 is 2.29 bits per heavy atom. The van der Waals surface area contributed by atoms with Crippen molar-refractivity contribution in [3.05, 3.63) is 48.0 Å². The monoisotopic (exact) mass is 447 g/mol. The summed E-state index contributed by atoms with van der Waals surface area (Å²) in [5.41, 5.74) is 2.42. The second kappa shape index (κ2) is 11.7. The first-order valence-corrected chi connectivity index (χ1v) is 10.8. The zero-order valence-electron chi connectivity index (χ0n) is 18.0. The Hall–Kier alpha value is -2.64. The summed E-state index contributed by atoms with van der Waals surface area (Å²) in [4.78, 5) is 37.5. The largest absolute Gasteiger partial charge is 0.357 e. The summed E-state index contributed by atoms with van der Waals surface area (Å²) >= 11 is 6.18. The predicted octanol–water partition coefficient (Wildman–Crippen LogP) is 2.78. The molecule has 0 fully saturated rings. The fourth-order valence-electron chi connectivity index (χ4n) is 3.52. The topological polar surface area (TPSA) is 108 Å². The first-order chi connectivity index (χ1) is 14.8. The van der Waals surface area contributed by atoms with E-state index in [4.69, 9.17) is 16.8 Å². The van der Waals surface area contributed by atoms with E-state index in [9.17, 15) is 14.4 Å². The maximum absolute atomic E-state index is 13.1. The molecule has 2 aromatic rings. The van der Waals surface area contributed by atoms with E-state index in [0.29, 0.717) is 18.8 Å². The zero-order valence-corrected chi connectivity index (χ0v) is 18.8. The number of benzene rings is 2. The summed E-state index contributed by atoms with van der Waals surface area (Å²) in [6, 6.07) is 12.8. The number of alkyl halides is 1. The Morgan fingerprint density at radius 1 is 0.968 bits per heavy atom. The normalized spacial score (nSPS) is 14.0. The predicted molar refractivity (Wildman–Crippen MR) is 121 cm³/mol. The maximum atomic E-state index is 13.1. The molecule has 0 bridgehead atoms. The van der Waals surface area contributed by atoms with Crippen molar-refractivity contribution in [2.75, 3.05) is 7.05 Å². The molecule has 0 aliphatic heterocycles. The summed E-state index contributed by atoms with van der Waals surface area (Å²) in [5, 5.41) is 15.1. The Morgan fingerprint density at radius 2 is 1.65 bits per heavy atom. The van der Waals surface area contributed by atoms with Gasteiger partial charge in [0.15, 0.2) is 0 Å². The van der Waals surface area contributed by atoms with Crippen LogP contribution < -0.4 is 16.1 Å². The first kappa shape index (κ1) is 24.6. The fourth-order valence-corrected chi connectivity index (χ4v) is 3.81. The molecule has 168 valence electrons. The Labute approximate surface area is 187 Å². The SMILES string of the molecule is CNC(=O)[C@H](Cc1cccc2ccccc12)NC(=O)[C@H](CCC(C)C)[C@@H](Cl)C(=O)NO. The molecule has 0 heterocycles. The van der Waals surface area contributed by atoms with Gasteiger partial charge < -0.3 is 10.6 Å². The van der Waals surface area contributed by atoms with E-state index in [-0.39, 0.29) is 12.3 Å². The van der Waals surface area contributed by atoms with Crippen molar-refractivity contribution >= 4 is 40.1 Å². The molecule has 0 saturated heterocycles. The summed E-state index contributed by atoms with van der Waals surface area (Å²) in [6.45, 7) is 4.00. The second-order valence-corrected chi connectivity index (χ2v) is 8.44. The molecule has 0 aliphatic rings. The molecular weight excluding hydrogens is 418 g/mol.